The lowest BCUT2D eigenvalue weighted by Gasteiger charge is -2.08. The van der Waals surface area contributed by atoms with Gasteiger partial charge in [-0.2, -0.15) is 8.42 Å². The SMILES string of the molecule is O=C(O)c1ccccc1C(=O)Nc1ccc(S(=O)(=O)O)cc1. The molecular weight excluding hydrogens is 310 g/mol. The Balaban J connectivity index is 2.25. The Morgan fingerprint density at radius 3 is 1.95 bits per heavy atom. The number of benzene rings is 2. The molecule has 0 fully saturated rings. The maximum atomic E-state index is 12.1. The quantitative estimate of drug-likeness (QED) is 0.739. The zero-order valence-electron chi connectivity index (χ0n) is 11.1. The van der Waals surface area contributed by atoms with Gasteiger partial charge in [-0.05, 0) is 36.4 Å². The molecule has 114 valence electrons. The van der Waals surface area contributed by atoms with E-state index in [2.05, 4.69) is 5.32 Å². The molecule has 0 aromatic heterocycles. The molecule has 3 N–H and O–H groups in total. The van der Waals surface area contributed by atoms with E-state index in [9.17, 15) is 18.0 Å². The summed E-state index contributed by atoms with van der Waals surface area (Å²) in [6.07, 6.45) is 0. The first kappa shape index (κ1) is 15.7. The molecule has 0 atom stereocenters. The van der Waals surface area contributed by atoms with Crippen LogP contribution in [0.2, 0.25) is 0 Å². The molecule has 0 heterocycles. The van der Waals surface area contributed by atoms with Gasteiger partial charge in [0.15, 0.2) is 0 Å². The smallest absolute Gasteiger partial charge is 0.336 e. The summed E-state index contributed by atoms with van der Waals surface area (Å²) in [6, 6.07) is 10.5. The Hall–Kier alpha value is -2.71. The fourth-order valence-electron chi connectivity index (χ4n) is 1.78. The normalized spacial score (nSPS) is 11.0. The Kier molecular flexibility index (Phi) is 4.25. The number of hydrogen-bond acceptors (Lipinski definition) is 4. The van der Waals surface area contributed by atoms with Crippen LogP contribution in [0.3, 0.4) is 0 Å². The van der Waals surface area contributed by atoms with Crippen molar-refractivity contribution in [2.45, 2.75) is 4.90 Å². The molecule has 2 rings (SSSR count). The van der Waals surface area contributed by atoms with Gasteiger partial charge in [0.05, 0.1) is 16.0 Å². The lowest BCUT2D eigenvalue weighted by Crippen LogP contribution is -2.16. The van der Waals surface area contributed by atoms with E-state index in [0.29, 0.717) is 0 Å². The van der Waals surface area contributed by atoms with Crippen molar-refractivity contribution in [2.75, 3.05) is 5.32 Å². The van der Waals surface area contributed by atoms with E-state index in [1.54, 1.807) is 0 Å². The van der Waals surface area contributed by atoms with Crippen LogP contribution in [0.4, 0.5) is 5.69 Å². The van der Waals surface area contributed by atoms with Gasteiger partial charge in [0.2, 0.25) is 0 Å². The van der Waals surface area contributed by atoms with Crippen LogP contribution >= 0.6 is 0 Å². The number of carbonyl (C=O) groups is 2. The van der Waals surface area contributed by atoms with Gasteiger partial charge in [-0.25, -0.2) is 4.79 Å². The zero-order valence-corrected chi connectivity index (χ0v) is 11.9. The van der Waals surface area contributed by atoms with E-state index in [-0.39, 0.29) is 21.7 Å². The molecule has 0 spiro atoms. The van der Waals surface area contributed by atoms with E-state index in [4.69, 9.17) is 9.66 Å². The van der Waals surface area contributed by atoms with Crippen LogP contribution in [0.1, 0.15) is 20.7 Å². The molecule has 2 aromatic carbocycles. The van der Waals surface area contributed by atoms with Crippen molar-refractivity contribution in [3.05, 3.63) is 59.7 Å². The van der Waals surface area contributed by atoms with Gasteiger partial charge in [0.25, 0.3) is 16.0 Å². The average molecular weight is 321 g/mol. The average Bonchev–Trinajstić information content (AvgIpc) is 2.46. The number of nitrogens with one attached hydrogen (secondary N) is 1. The van der Waals surface area contributed by atoms with Crippen LogP contribution in [-0.2, 0) is 10.1 Å². The molecule has 22 heavy (non-hydrogen) atoms. The fraction of sp³-hybridized carbons (Fsp3) is 0. The predicted molar refractivity (Wildman–Crippen MR) is 77.6 cm³/mol. The summed E-state index contributed by atoms with van der Waals surface area (Å²) in [4.78, 5) is 22.8. The van der Waals surface area contributed by atoms with E-state index in [1.165, 1.54) is 36.4 Å². The largest absolute Gasteiger partial charge is 0.478 e. The summed E-state index contributed by atoms with van der Waals surface area (Å²) in [5.74, 6) is -1.87. The molecule has 0 saturated carbocycles. The number of carboxylic acids is 1. The van der Waals surface area contributed by atoms with Crippen LogP contribution < -0.4 is 5.32 Å². The Morgan fingerprint density at radius 1 is 0.909 bits per heavy atom. The van der Waals surface area contributed by atoms with E-state index in [0.717, 1.165) is 12.1 Å². The lowest BCUT2D eigenvalue weighted by atomic mass is 10.1. The summed E-state index contributed by atoms with van der Waals surface area (Å²) >= 11 is 0. The molecule has 2 aromatic rings. The Morgan fingerprint density at radius 2 is 1.45 bits per heavy atom. The highest BCUT2D eigenvalue weighted by Crippen LogP contribution is 2.16. The maximum Gasteiger partial charge on any atom is 0.336 e. The topological polar surface area (TPSA) is 121 Å². The Labute approximate surface area is 126 Å². The lowest BCUT2D eigenvalue weighted by molar-refractivity contribution is 0.0692. The van der Waals surface area contributed by atoms with Crippen molar-refractivity contribution >= 4 is 27.7 Å². The van der Waals surface area contributed by atoms with Gasteiger partial charge in [0, 0.05) is 5.69 Å². The van der Waals surface area contributed by atoms with Crippen LogP contribution in [0.5, 0.6) is 0 Å². The van der Waals surface area contributed by atoms with Crippen molar-refractivity contribution in [3.8, 4) is 0 Å². The number of carbonyl (C=O) groups excluding carboxylic acids is 1. The van der Waals surface area contributed by atoms with Crippen LogP contribution in [0.15, 0.2) is 53.4 Å². The molecule has 0 saturated heterocycles. The molecule has 0 radical (unpaired) electrons. The molecule has 8 heteroatoms. The van der Waals surface area contributed by atoms with Crippen LogP contribution in [0.25, 0.3) is 0 Å². The zero-order chi connectivity index (χ0) is 16.3. The second kappa shape index (κ2) is 5.96. The molecule has 1 amide bonds. The van der Waals surface area contributed by atoms with Crippen LogP contribution in [0, 0.1) is 0 Å². The highest BCUT2D eigenvalue weighted by Gasteiger charge is 2.16. The molecule has 0 bridgehead atoms. The van der Waals surface area contributed by atoms with Crippen molar-refractivity contribution in [2.24, 2.45) is 0 Å². The summed E-state index contributed by atoms with van der Waals surface area (Å²) in [6.45, 7) is 0. The molecule has 0 aliphatic heterocycles. The van der Waals surface area contributed by atoms with Crippen molar-refractivity contribution in [3.63, 3.8) is 0 Å². The number of anilines is 1. The molecule has 7 nitrogen and oxygen atoms in total. The summed E-state index contributed by atoms with van der Waals surface area (Å²) in [5, 5.41) is 11.5. The molecule has 0 aliphatic rings. The van der Waals surface area contributed by atoms with Gasteiger partial charge < -0.3 is 10.4 Å². The monoisotopic (exact) mass is 321 g/mol. The summed E-state index contributed by atoms with van der Waals surface area (Å²) < 4.78 is 30.7. The minimum atomic E-state index is -4.31. The summed E-state index contributed by atoms with van der Waals surface area (Å²) in [7, 11) is -4.31. The predicted octanol–water partition coefficient (Wildman–Crippen LogP) is 1.88. The first-order valence-corrected chi connectivity index (χ1v) is 7.44. The van der Waals surface area contributed by atoms with Gasteiger partial charge in [-0.3, -0.25) is 9.35 Å². The standard InChI is InChI=1S/C14H11NO6S/c16-13(11-3-1-2-4-12(11)14(17)18)15-9-5-7-10(8-6-9)22(19,20)21/h1-8H,(H,15,16)(H,17,18)(H,19,20,21). The Bertz CT molecular complexity index is 827. The van der Waals surface area contributed by atoms with Crippen molar-refractivity contribution in [1.29, 1.82) is 0 Å². The van der Waals surface area contributed by atoms with E-state index in [1.807, 2.05) is 0 Å². The van der Waals surface area contributed by atoms with Gasteiger partial charge in [-0.1, -0.05) is 12.1 Å². The molecule has 0 unspecified atom stereocenters. The molecular formula is C14H11NO6S. The fourth-order valence-corrected chi connectivity index (χ4v) is 2.26. The maximum absolute atomic E-state index is 12.1. The highest BCUT2D eigenvalue weighted by atomic mass is 32.2. The third kappa shape index (κ3) is 3.48. The molecule has 0 aliphatic carbocycles. The van der Waals surface area contributed by atoms with Crippen molar-refractivity contribution in [1.82, 2.24) is 0 Å². The number of rotatable bonds is 4. The van der Waals surface area contributed by atoms with Crippen LogP contribution in [-0.4, -0.2) is 30.0 Å². The first-order valence-electron chi connectivity index (χ1n) is 6.00. The second-order valence-corrected chi connectivity index (χ2v) is 5.73. The van der Waals surface area contributed by atoms with E-state index < -0.39 is 22.0 Å². The minimum absolute atomic E-state index is 0.0196. The van der Waals surface area contributed by atoms with E-state index >= 15 is 0 Å². The summed E-state index contributed by atoms with van der Waals surface area (Å²) in [5.41, 5.74) is 0.0982. The minimum Gasteiger partial charge on any atom is -0.478 e. The number of amides is 1. The number of carboxylic acid groups (broad SMARTS) is 1. The van der Waals surface area contributed by atoms with Crippen molar-refractivity contribution < 1.29 is 27.7 Å². The number of hydrogen-bond donors (Lipinski definition) is 3. The van der Waals surface area contributed by atoms with Gasteiger partial charge in [-0.15, -0.1) is 0 Å². The van der Waals surface area contributed by atoms with Gasteiger partial charge >= 0.3 is 5.97 Å². The highest BCUT2D eigenvalue weighted by molar-refractivity contribution is 7.85. The third-order valence-electron chi connectivity index (χ3n) is 2.81. The third-order valence-corrected chi connectivity index (χ3v) is 3.68. The second-order valence-electron chi connectivity index (χ2n) is 4.30. The van der Waals surface area contributed by atoms with Gasteiger partial charge in [0.1, 0.15) is 0 Å². The first-order chi connectivity index (χ1) is 10.3. The number of aromatic carboxylic acids is 1.